The van der Waals surface area contributed by atoms with Gasteiger partial charge in [0.1, 0.15) is 5.60 Å². The Morgan fingerprint density at radius 3 is 2.39 bits per heavy atom. The van der Waals surface area contributed by atoms with E-state index in [9.17, 15) is 9.90 Å². The number of carbonyl (C=O) groups excluding carboxylic acids is 1. The van der Waals surface area contributed by atoms with Crippen LogP contribution in [0.2, 0.25) is 0 Å². The zero-order valence-corrected chi connectivity index (χ0v) is 11.5. The Hall–Kier alpha value is -0.690. The topological polar surface area (TPSA) is 84.8 Å². The maximum Gasteiger partial charge on any atom is 0.240 e. The second-order valence-corrected chi connectivity index (χ2v) is 5.63. The lowest BCUT2D eigenvalue weighted by Crippen LogP contribution is -2.61. The summed E-state index contributed by atoms with van der Waals surface area (Å²) in [6.07, 6.45) is 0. The van der Waals surface area contributed by atoms with Gasteiger partial charge in [-0.25, -0.2) is 0 Å². The lowest BCUT2D eigenvalue weighted by molar-refractivity contribution is -0.133. The number of hydrogen-bond acceptors (Lipinski definition) is 5. The average molecular weight is 259 g/mol. The monoisotopic (exact) mass is 259 g/mol. The number of carbonyl (C=O) groups is 1. The number of hydrogen-bond donors (Lipinski definition) is 4. The Morgan fingerprint density at radius 1 is 1.33 bits per heavy atom. The maximum atomic E-state index is 12.2. The van der Waals surface area contributed by atoms with Crippen molar-refractivity contribution in [3.63, 3.8) is 0 Å². The van der Waals surface area contributed by atoms with Gasteiger partial charge >= 0.3 is 0 Å². The molecule has 1 heterocycles. The van der Waals surface area contributed by atoms with E-state index in [-0.39, 0.29) is 19.1 Å². The van der Waals surface area contributed by atoms with Crippen LogP contribution in [0, 0.1) is 0 Å². The van der Waals surface area contributed by atoms with Gasteiger partial charge in [0.2, 0.25) is 5.91 Å². The third-order valence-electron chi connectivity index (χ3n) is 3.43. The first-order valence-corrected chi connectivity index (χ1v) is 6.37. The minimum atomic E-state index is -1.27. The van der Waals surface area contributed by atoms with Crippen molar-refractivity contribution in [2.24, 2.45) is 0 Å². The van der Waals surface area contributed by atoms with Crippen molar-refractivity contribution < 1.29 is 15.0 Å². The minimum absolute atomic E-state index is 0.0534. The van der Waals surface area contributed by atoms with Crippen molar-refractivity contribution >= 4 is 5.91 Å². The normalized spacial score (nSPS) is 21.4. The molecule has 0 spiro atoms. The van der Waals surface area contributed by atoms with Gasteiger partial charge in [-0.1, -0.05) is 0 Å². The molecule has 4 N–H and O–H groups in total. The van der Waals surface area contributed by atoms with E-state index >= 15 is 0 Å². The van der Waals surface area contributed by atoms with Gasteiger partial charge in [0.15, 0.2) is 0 Å². The summed E-state index contributed by atoms with van der Waals surface area (Å²) in [7, 11) is 0. The van der Waals surface area contributed by atoms with E-state index in [4.69, 9.17) is 5.11 Å². The van der Waals surface area contributed by atoms with Gasteiger partial charge in [-0.15, -0.1) is 0 Å². The molecule has 1 aliphatic heterocycles. The van der Waals surface area contributed by atoms with Crippen molar-refractivity contribution in [1.82, 2.24) is 15.5 Å². The fraction of sp³-hybridized carbons (Fsp3) is 0.917. The summed E-state index contributed by atoms with van der Waals surface area (Å²) >= 11 is 0. The first kappa shape index (κ1) is 15.4. The van der Waals surface area contributed by atoms with E-state index in [2.05, 4.69) is 15.5 Å². The van der Waals surface area contributed by atoms with Crippen LogP contribution < -0.4 is 10.6 Å². The minimum Gasteiger partial charge on any atom is -0.393 e. The van der Waals surface area contributed by atoms with Crippen LogP contribution in [-0.2, 0) is 4.79 Å². The summed E-state index contributed by atoms with van der Waals surface area (Å²) in [6.45, 7) is 8.34. The smallest absolute Gasteiger partial charge is 0.240 e. The highest BCUT2D eigenvalue weighted by Gasteiger charge is 2.35. The summed E-state index contributed by atoms with van der Waals surface area (Å²) < 4.78 is 0. The largest absolute Gasteiger partial charge is 0.393 e. The standard InChI is InChI=1S/C12H25N3O3/c1-11(2,15-6-4-13-5-7-15)10(17)14-8-12(3,18)9-16/h13,16,18H,4-9H2,1-3H3,(H,14,17). The maximum absolute atomic E-state index is 12.2. The molecule has 6 heteroatoms. The van der Waals surface area contributed by atoms with Gasteiger partial charge in [-0.05, 0) is 20.8 Å². The van der Waals surface area contributed by atoms with E-state index in [1.165, 1.54) is 6.92 Å². The molecule has 0 aromatic rings. The molecule has 1 unspecified atom stereocenters. The number of piperazine rings is 1. The van der Waals surface area contributed by atoms with Crippen LogP contribution in [0.3, 0.4) is 0 Å². The lowest BCUT2D eigenvalue weighted by Gasteiger charge is -2.40. The second-order valence-electron chi connectivity index (χ2n) is 5.63. The fourth-order valence-electron chi connectivity index (χ4n) is 1.91. The number of aliphatic hydroxyl groups excluding tert-OH is 1. The van der Waals surface area contributed by atoms with E-state index in [1.807, 2.05) is 13.8 Å². The molecule has 6 nitrogen and oxygen atoms in total. The van der Waals surface area contributed by atoms with E-state index < -0.39 is 11.1 Å². The van der Waals surface area contributed by atoms with Crippen molar-refractivity contribution in [2.45, 2.75) is 31.9 Å². The van der Waals surface area contributed by atoms with E-state index in [1.54, 1.807) is 0 Å². The Bertz CT molecular complexity index is 286. The van der Waals surface area contributed by atoms with E-state index in [0.717, 1.165) is 26.2 Å². The molecule has 1 fully saturated rings. The lowest BCUT2D eigenvalue weighted by atomic mass is 9.99. The molecule has 0 radical (unpaired) electrons. The van der Waals surface area contributed by atoms with Crippen LogP contribution in [0.15, 0.2) is 0 Å². The van der Waals surface area contributed by atoms with Crippen LogP contribution in [0.4, 0.5) is 0 Å². The van der Waals surface area contributed by atoms with Gasteiger partial charge in [-0.2, -0.15) is 0 Å². The molecule has 1 rings (SSSR count). The van der Waals surface area contributed by atoms with Gasteiger partial charge in [-0.3, -0.25) is 9.69 Å². The van der Waals surface area contributed by atoms with Crippen LogP contribution in [0.1, 0.15) is 20.8 Å². The van der Waals surface area contributed by atoms with E-state index in [0.29, 0.717) is 0 Å². The molecule has 1 atom stereocenters. The van der Waals surface area contributed by atoms with Gasteiger partial charge in [0.05, 0.1) is 12.1 Å². The summed E-state index contributed by atoms with van der Waals surface area (Å²) in [5.74, 6) is -0.127. The molecular weight excluding hydrogens is 234 g/mol. The van der Waals surface area contributed by atoms with Gasteiger partial charge in [0, 0.05) is 32.7 Å². The van der Waals surface area contributed by atoms with Crippen molar-refractivity contribution in [3.8, 4) is 0 Å². The number of amides is 1. The van der Waals surface area contributed by atoms with Crippen LogP contribution in [-0.4, -0.2) is 71.5 Å². The highest BCUT2D eigenvalue weighted by molar-refractivity contribution is 5.85. The molecule has 106 valence electrons. The van der Waals surface area contributed by atoms with Crippen LogP contribution in [0.25, 0.3) is 0 Å². The SMILES string of the molecule is CC(O)(CO)CNC(=O)C(C)(C)N1CCNCC1. The first-order valence-electron chi connectivity index (χ1n) is 6.37. The Kier molecular flexibility index (Phi) is 5.10. The Balaban J connectivity index is 2.53. The zero-order chi connectivity index (χ0) is 13.8. The fourth-order valence-corrected chi connectivity index (χ4v) is 1.91. The Morgan fingerprint density at radius 2 is 1.89 bits per heavy atom. The van der Waals surface area contributed by atoms with Gasteiger partial charge < -0.3 is 20.8 Å². The molecular formula is C12H25N3O3. The third-order valence-corrected chi connectivity index (χ3v) is 3.43. The summed E-state index contributed by atoms with van der Waals surface area (Å²) in [6, 6.07) is 0. The third kappa shape index (κ3) is 3.91. The molecule has 0 aliphatic carbocycles. The number of rotatable bonds is 5. The van der Waals surface area contributed by atoms with Crippen molar-refractivity contribution in [1.29, 1.82) is 0 Å². The average Bonchev–Trinajstić information content (AvgIpc) is 2.37. The van der Waals surface area contributed by atoms with Crippen molar-refractivity contribution in [2.75, 3.05) is 39.3 Å². The molecule has 0 aromatic carbocycles. The second kappa shape index (κ2) is 5.97. The van der Waals surface area contributed by atoms with Crippen LogP contribution >= 0.6 is 0 Å². The van der Waals surface area contributed by atoms with Crippen molar-refractivity contribution in [3.05, 3.63) is 0 Å². The number of nitrogens with one attached hydrogen (secondary N) is 2. The molecule has 1 aliphatic rings. The zero-order valence-electron chi connectivity index (χ0n) is 11.5. The molecule has 0 saturated carbocycles. The quantitative estimate of drug-likeness (QED) is 0.484. The summed E-state index contributed by atoms with van der Waals surface area (Å²) in [5, 5.41) is 24.5. The summed E-state index contributed by atoms with van der Waals surface area (Å²) in [4.78, 5) is 14.3. The Labute approximate surface area is 108 Å². The number of nitrogens with zero attached hydrogens (tertiary/aromatic N) is 1. The number of aliphatic hydroxyl groups is 2. The highest BCUT2D eigenvalue weighted by atomic mass is 16.3. The first-order chi connectivity index (χ1) is 8.29. The highest BCUT2D eigenvalue weighted by Crippen LogP contribution is 2.15. The molecule has 1 saturated heterocycles. The predicted molar refractivity (Wildman–Crippen MR) is 69.2 cm³/mol. The predicted octanol–water partition coefficient (Wildman–Crippen LogP) is -1.47. The molecule has 0 aromatic heterocycles. The molecule has 0 bridgehead atoms. The van der Waals surface area contributed by atoms with Gasteiger partial charge in [0.25, 0.3) is 0 Å². The summed E-state index contributed by atoms with van der Waals surface area (Å²) in [5.41, 5.74) is -1.87. The molecule has 18 heavy (non-hydrogen) atoms. The molecule has 1 amide bonds. The van der Waals surface area contributed by atoms with Crippen LogP contribution in [0.5, 0.6) is 0 Å².